The summed E-state index contributed by atoms with van der Waals surface area (Å²) in [6, 6.07) is 33.8. The van der Waals surface area contributed by atoms with Crippen molar-refractivity contribution in [2.45, 2.75) is 13.0 Å². The first-order valence-corrected chi connectivity index (χ1v) is 12.3. The van der Waals surface area contributed by atoms with E-state index in [1.54, 1.807) is 0 Å². The van der Waals surface area contributed by atoms with E-state index in [1.807, 2.05) is 18.2 Å². The van der Waals surface area contributed by atoms with Gasteiger partial charge in [0.25, 0.3) is 0 Å². The van der Waals surface area contributed by atoms with Crippen LogP contribution in [0.5, 0.6) is 5.75 Å². The van der Waals surface area contributed by atoms with E-state index in [0.717, 1.165) is 22.7 Å². The number of para-hydroxylation sites is 3. The summed E-state index contributed by atoms with van der Waals surface area (Å²) in [5.41, 5.74) is 9.48. The lowest BCUT2D eigenvalue weighted by atomic mass is 9.31. The third-order valence-electron chi connectivity index (χ3n) is 7.60. The SMILES string of the molecule is CC1C=CC=C2B3c4ccccc4N(c4ccccc4)c4cc(O)cc(c43)N(c3ccccc3)C21. The number of rotatable bonds is 2. The quantitative estimate of drug-likeness (QED) is 0.380. The zero-order valence-electron chi connectivity index (χ0n) is 19.5. The van der Waals surface area contributed by atoms with E-state index in [9.17, 15) is 5.11 Å². The van der Waals surface area contributed by atoms with Crippen LogP contribution in [0, 0.1) is 5.92 Å². The Hall–Kier alpha value is -4.18. The van der Waals surface area contributed by atoms with Gasteiger partial charge in [-0.3, -0.25) is 0 Å². The van der Waals surface area contributed by atoms with E-state index < -0.39 is 0 Å². The molecule has 0 saturated carbocycles. The molecule has 0 radical (unpaired) electrons. The van der Waals surface area contributed by atoms with Crippen molar-refractivity contribution in [2.24, 2.45) is 5.92 Å². The molecule has 3 nitrogen and oxygen atoms in total. The Morgan fingerprint density at radius 3 is 2.17 bits per heavy atom. The van der Waals surface area contributed by atoms with Gasteiger partial charge >= 0.3 is 0 Å². The second kappa shape index (κ2) is 7.67. The average molecular weight is 452 g/mol. The maximum absolute atomic E-state index is 11.1. The maximum atomic E-state index is 11.1. The molecule has 2 unspecified atom stereocenters. The molecular formula is C31H25BN2O. The van der Waals surface area contributed by atoms with E-state index in [1.165, 1.54) is 22.1 Å². The topological polar surface area (TPSA) is 26.7 Å². The number of hydrogen-bond donors (Lipinski definition) is 1. The lowest BCUT2D eigenvalue weighted by molar-refractivity contribution is 0.475. The van der Waals surface area contributed by atoms with Gasteiger partial charge in [0.2, 0.25) is 6.71 Å². The predicted octanol–water partition coefficient (Wildman–Crippen LogP) is 5.98. The van der Waals surface area contributed by atoms with Crippen molar-refractivity contribution in [2.75, 3.05) is 9.80 Å². The summed E-state index contributed by atoms with van der Waals surface area (Å²) in [5, 5.41) is 11.1. The fourth-order valence-corrected chi connectivity index (χ4v) is 6.25. The van der Waals surface area contributed by atoms with Crippen LogP contribution in [0.15, 0.2) is 121 Å². The van der Waals surface area contributed by atoms with Crippen LogP contribution in [0.2, 0.25) is 0 Å². The number of hydrogen-bond acceptors (Lipinski definition) is 3. The molecule has 0 fully saturated rings. The highest BCUT2D eigenvalue weighted by atomic mass is 16.3. The van der Waals surface area contributed by atoms with Gasteiger partial charge in [-0.2, -0.15) is 0 Å². The third kappa shape index (κ3) is 2.93. The number of fused-ring (bicyclic) bond motifs is 4. The number of allylic oxidation sites excluding steroid dienone is 2. The lowest BCUT2D eigenvalue weighted by Crippen LogP contribution is -2.62. The molecule has 2 aliphatic heterocycles. The Bertz CT molecular complexity index is 1500. The summed E-state index contributed by atoms with van der Waals surface area (Å²) >= 11 is 0. The molecule has 35 heavy (non-hydrogen) atoms. The smallest absolute Gasteiger partial charge is 0.247 e. The summed E-state index contributed by atoms with van der Waals surface area (Å²) < 4.78 is 0. The largest absolute Gasteiger partial charge is 0.508 e. The molecule has 4 aromatic rings. The monoisotopic (exact) mass is 452 g/mol. The highest BCUT2D eigenvalue weighted by Gasteiger charge is 2.48. The van der Waals surface area contributed by atoms with Crippen LogP contribution in [-0.2, 0) is 0 Å². The molecule has 0 aromatic heterocycles. The normalized spacial score (nSPS) is 19.6. The molecule has 1 N–H and O–H groups in total. The number of benzene rings is 4. The third-order valence-corrected chi connectivity index (χ3v) is 7.60. The Balaban J connectivity index is 1.59. The van der Waals surface area contributed by atoms with Crippen LogP contribution in [-0.4, -0.2) is 17.9 Å². The number of phenols is 1. The van der Waals surface area contributed by atoms with Crippen molar-refractivity contribution in [3.05, 3.63) is 121 Å². The van der Waals surface area contributed by atoms with Gasteiger partial charge in [-0.1, -0.05) is 85.2 Å². The summed E-state index contributed by atoms with van der Waals surface area (Å²) in [4.78, 5) is 4.74. The molecule has 3 aliphatic rings. The van der Waals surface area contributed by atoms with Gasteiger partial charge in [0.05, 0.1) is 6.04 Å². The highest BCUT2D eigenvalue weighted by Crippen LogP contribution is 2.47. The highest BCUT2D eigenvalue weighted by molar-refractivity contribution is 6.95. The van der Waals surface area contributed by atoms with Crippen LogP contribution >= 0.6 is 0 Å². The van der Waals surface area contributed by atoms with E-state index in [0.29, 0.717) is 5.92 Å². The zero-order chi connectivity index (χ0) is 23.5. The van der Waals surface area contributed by atoms with Crippen molar-refractivity contribution >= 4 is 46.1 Å². The van der Waals surface area contributed by atoms with Crippen molar-refractivity contribution in [1.29, 1.82) is 0 Å². The van der Waals surface area contributed by atoms with Crippen LogP contribution < -0.4 is 20.7 Å². The van der Waals surface area contributed by atoms with E-state index >= 15 is 0 Å². The van der Waals surface area contributed by atoms with Crippen molar-refractivity contribution in [3.8, 4) is 5.75 Å². The molecular weight excluding hydrogens is 427 g/mol. The number of nitrogens with zero attached hydrogens (tertiary/aromatic N) is 2. The average Bonchev–Trinajstić information content (AvgIpc) is 2.89. The molecule has 0 bridgehead atoms. The summed E-state index contributed by atoms with van der Waals surface area (Å²) in [5.74, 6) is 0.610. The summed E-state index contributed by atoms with van der Waals surface area (Å²) in [6.45, 7) is 2.43. The van der Waals surface area contributed by atoms with Crippen LogP contribution in [0.4, 0.5) is 28.4 Å². The van der Waals surface area contributed by atoms with E-state index in [2.05, 4.69) is 114 Å². The minimum Gasteiger partial charge on any atom is -0.508 e. The second-order valence-corrected chi connectivity index (χ2v) is 9.62. The van der Waals surface area contributed by atoms with Crippen LogP contribution in [0.25, 0.3) is 0 Å². The molecule has 2 heterocycles. The predicted molar refractivity (Wildman–Crippen MR) is 147 cm³/mol. The molecule has 1 aliphatic carbocycles. The fourth-order valence-electron chi connectivity index (χ4n) is 6.25. The standard InChI is InChI=1S/C31H25BN2O/c1-21-11-10-17-26-31(21)34(23-14-6-3-7-15-23)29-20-24(35)19-28-30(29)32(26)25-16-8-9-18-27(25)33(28)22-12-4-2-5-13-22/h2-21,31,35H,1H3. The fraction of sp³-hybridized carbons (Fsp3) is 0.0968. The molecule has 0 saturated heterocycles. The minimum atomic E-state index is 0.133. The Morgan fingerprint density at radius 1 is 0.743 bits per heavy atom. The second-order valence-electron chi connectivity index (χ2n) is 9.62. The van der Waals surface area contributed by atoms with Crippen molar-refractivity contribution < 1.29 is 5.11 Å². The summed E-state index contributed by atoms with van der Waals surface area (Å²) in [7, 11) is 0. The zero-order valence-corrected chi connectivity index (χ0v) is 19.5. The van der Waals surface area contributed by atoms with Crippen molar-refractivity contribution in [3.63, 3.8) is 0 Å². The van der Waals surface area contributed by atoms with Gasteiger partial charge < -0.3 is 14.9 Å². The van der Waals surface area contributed by atoms with Gasteiger partial charge in [-0.25, -0.2) is 0 Å². The number of anilines is 5. The van der Waals surface area contributed by atoms with E-state index in [-0.39, 0.29) is 18.5 Å². The molecule has 4 heteroatoms. The Labute approximate surface area is 206 Å². The van der Waals surface area contributed by atoms with Gasteiger partial charge in [0.15, 0.2) is 0 Å². The Morgan fingerprint density at radius 2 is 1.40 bits per heavy atom. The van der Waals surface area contributed by atoms with Gasteiger partial charge in [0.1, 0.15) is 5.75 Å². The molecule has 0 spiro atoms. The summed E-state index contributed by atoms with van der Waals surface area (Å²) in [6.07, 6.45) is 6.83. The lowest BCUT2D eigenvalue weighted by Gasteiger charge is -2.50. The molecule has 168 valence electrons. The number of phenolic OH excluding ortho intramolecular Hbond substituents is 1. The minimum absolute atomic E-state index is 0.133. The molecule has 0 amide bonds. The van der Waals surface area contributed by atoms with Gasteiger partial charge in [-0.15, -0.1) is 0 Å². The molecule has 4 aromatic carbocycles. The molecule has 7 rings (SSSR count). The molecule has 2 atom stereocenters. The van der Waals surface area contributed by atoms with Crippen LogP contribution in [0.1, 0.15) is 6.92 Å². The first-order valence-electron chi connectivity index (χ1n) is 12.3. The maximum Gasteiger partial charge on any atom is 0.247 e. The first-order chi connectivity index (χ1) is 17.2. The first kappa shape index (κ1) is 20.2. The Kier molecular flexibility index (Phi) is 4.43. The number of aromatic hydroxyl groups is 1. The van der Waals surface area contributed by atoms with Gasteiger partial charge in [0, 0.05) is 40.6 Å². The van der Waals surface area contributed by atoms with E-state index in [4.69, 9.17) is 0 Å². The van der Waals surface area contributed by atoms with Crippen LogP contribution in [0.3, 0.4) is 0 Å². The van der Waals surface area contributed by atoms with Gasteiger partial charge in [-0.05, 0) is 47.2 Å². The van der Waals surface area contributed by atoms with Crippen molar-refractivity contribution in [1.82, 2.24) is 0 Å².